The van der Waals surface area contributed by atoms with Crippen LogP contribution >= 0.6 is 24.0 Å². The van der Waals surface area contributed by atoms with Crippen LogP contribution in [0, 0.1) is 17.3 Å². The molecule has 1 heterocycles. The lowest BCUT2D eigenvalue weighted by molar-refractivity contribution is -0.164. The van der Waals surface area contributed by atoms with E-state index in [4.69, 9.17) is 15.5 Å². The zero-order chi connectivity index (χ0) is 15.7. The van der Waals surface area contributed by atoms with E-state index in [9.17, 15) is 0 Å². The normalized spacial score (nSPS) is 32.7. The Morgan fingerprint density at radius 2 is 2.04 bits per heavy atom. The third kappa shape index (κ3) is 3.80. The van der Waals surface area contributed by atoms with E-state index in [1.807, 2.05) is 0 Å². The van der Waals surface area contributed by atoms with Crippen molar-refractivity contribution in [1.82, 2.24) is 5.32 Å². The summed E-state index contributed by atoms with van der Waals surface area (Å²) in [4.78, 5) is 4.89. The Kier molecular flexibility index (Phi) is 6.62. The zero-order valence-corrected chi connectivity index (χ0v) is 17.2. The molecule has 3 rings (SSSR count). The predicted octanol–water partition coefficient (Wildman–Crippen LogP) is 3.68. The maximum absolute atomic E-state index is 6.20. The molecule has 1 aliphatic heterocycles. The summed E-state index contributed by atoms with van der Waals surface area (Å²) in [5.74, 6) is 2.06. The molecule has 0 radical (unpaired) electrons. The number of nitrogens with zero attached hydrogens (tertiary/aromatic N) is 1. The van der Waals surface area contributed by atoms with E-state index < -0.39 is 0 Å². The number of halogens is 1. The minimum atomic E-state index is 0. The van der Waals surface area contributed by atoms with Crippen LogP contribution in [0.2, 0.25) is 0 Å². The molecule has 3 aliphatic rings. The van der Waals surface area contributed by atoms with Gasteiger partial charge < -0.3 is 15.8 Å². The van der Waals surface area contributed by atoms with Gasteiger partial charge in [-0.1, -0.05) is 33.1 Å². The number of guanidine groups is 1. The molecule has 0 amide bonds. The summed E-state index contributed by atoms with van der Waals surface area (Å²) >= 11 is 0. The van der Waals surface area contributed by atoms with Gasteiger partial charge >= 0.3 is 0 Å². The minimum Gasteiger partial charge on any atom is -0.377 e. The highest BCUT2D eigenvalue weighted by atomic mass is 127. The molecule has 5 heteroatoms. The largest absolute Gasteiger partial charge is 0.377 e. The smallest absolute Gasteiger partial charge is 0.189 e. The number of fused-ring (bicyclic) bond motifs is 2. The topological polar surface area (TPSA) is 59.6 Å². The van der Waals surface area contributed by atoms with Crippen LogP contribution in [-0.2, 0) is 4.74 Å². The summed E-state index contributed by atoms with van der Waals surface area (Å²) in [6.07, 6.45) is 9.24. The number of nitrogens with two attached hydrogens (primary N) is 1. The van der Waals surface area contributed by atoms with Crippen LogP contribution < -0.4 is 11.1 Å². The summed E-state index contributed by atoms with van der Waals surface area (Å²) in [7, 11) is 0. The van der Waals surface area contributed by atoms with Crippen molar-refractivity contribution >= 4 is 29.9 Å². The van der Waals surface area contributed by atoms with Gasteiger partial charge in [-0.2, -0.15) is 0 Å². The molecule has 4 atom stereocenters. The van der Waals surface area contributed by atoms with E-state index in [0.717, 1.165) is 18.9 Å². The summed E-state index contributed by atoms with van der Waals surface area (Å²) in [6.45, 7) is 7.69. The van der Waals surface area contributed by atoms with Crippen molar-refractivity contribution in [2.75, 3.05) is 6.61 Å². The average Bonchev–Trinajstić information content (AvgIpc) is 2.79. The first kappa shape index (κ1) is 19.3. The summed E-state index contributed by atoms with van der Waals surface area (Å²) in [5, 5.41) is 3.41. The van der Waals surface area contributed by atoms with Gasteiger partial charge in [0.15, 0.2) is 5.96 Å². The fraction of sp³-hybridized carbons (Fsp3) is 0.944. The Labute approximate surface area is 158 Å². The van der Waals surface area contributed by atoms with E-state index >= 15 is 0 Å². The van der Waals surface area contributed by atoms with Crippen molar-refractivity contribution in [1.29, 1.82) is 0 Å². The van der Waals surface area contributed by atoms with E-state index in [2.05, 4.69) is 26.1 Å². The predicted molar refractivity (Wildman–Crippen MR) is 106 cm³/mol. The van der Waals surface area contributed by atoms with Crippen LogP contribution in [0.1, 0.15) is 65.7 Å². The second kappa shape index (κ2) is 7.89. The summed E-state index contributed by atoms with van der Waals surface area (Å²) in [6, 6.07) is 0.819. The molecule has 134 valence electrons. The molecular weight excluding hydrogens is 401 g/mol. The molecule has 0 aromatic rings. The van der Waals surface area contributed by atoms with Gasteiger partial charge in [0.05, 0.1) is 12.1 Å². The highest BCUT2D eigenvalue weighted by molar-refractivity contribution is 14.0. The van der Waals surface area contributed by atoms with Crippen LogP contribution in [0.25, 0.3) is 0 Å². The highest BCUT2D eigenvalue weighted by Gasteiger charge is 2.66. The molecule has 23 heavy (non-hydrogen) atoms. The SMILES string of the molecule is CC(C)CCCC(C)NC(N)=NC1C2CCOC2C12CCC2.I. The molecule has 3 fully saturated rings. The molecule has 3 N–H and O–H groups in total. The van der Waals surface area contributed by atoms with Gasteiger partial charge in [-0.05, 0) is 38.5 Å². The Morgan fingerprint density at radius 3 is 2.65 bits per heavy atom. The Morgan fingerprint density at radius 1 is 1.30 bits per heavy atom. The van der Waals surface area contributed by atoms with Crippen LogP contribution in [0.15, 0.2) is 4.99 Å². The first-order chi connectivity index (χ1) is 10.5. The molecule has 0 aromatic heterocycles. The van der Waals surface area contributed by atoms with Crippen LogP contribution in [0.3, 0.4) is 0 Å². The standard InChI is InChI=1S/C18H33N3O.HI/c1-12(2)6-4-7-13(3)20-17(19)21-15-14-8-11-22-16(14)18(15)9-5-10-18;/h12-16H,4-11H2,1-3H3,(H3,19,20,21);1H. The van der Waals surface area contributed by atoms with Gasteiger partial charge in [0.2, 0.25) is 0 Å². The molecule has 1 spiro atoms. The van der Waals surface area contributed by atoms with Crippen LogP contribution in [0.4, 0.5) is 0 Å². The summed E-state index contributed by atoms with van der Waals surface area (Å²) in [5.41, 5.74) is 6.54. The number of rotatable bonds is 6. The molecule has 0 bridgehead atoms. The maximum Gasteiger partial charge on any atom is 0.189 e. The van der Waals surface area contributed by atoms with Crippen LogP contribution in [0.5, 0.6) is 0 Å². The van der Waals surface area contributed by atoms with Gasteiger partial charge in [-0.3, -0.25) is 0 Å². The van der Waals surface area contributed by atoms with Crippen molar-refractivity contribution in [3.8, 4) is 0 Å². The van der Waals surface area contributed by atoms with Gasteiger partial charge in [0.25, 0.3) is 0 Å². The highest BCUT2D eigenvalue weighted by Crippen LogP contribution is 2.64. The fourth-order valence-corrected chi connectivity index (χ4v) is 4.73. The molecule has 2 saturated carbocycles. The molecule has 4 unspecified atom stereocenters. The summed E-state index contributed by atoms with van der Waals surface area (Å²) < 4.78 is 5.95. The number of aliphatic imine (C=N–C) groups is 1. The van der Waals surface area contributed by atoms with Gasteiger partial charge in [-0.15, -0.1) is 24.0 Å². The van der Waals surface area contributed by atoms with Crippen molar-refractivity contribution < 1.29 is 4.74 Å². The van der Waals surface area contributed by atoms with Gasteiger partial charge in [0, 0.05) is 24.0 Å². The van der Waals surface area contributed by atoms with E-state index in [0.29, 0.717) is 35.5 Å². The number of hydrogen-bond acceptors (Lipinski definition) is 2. The lowest BCUT2D eigenvalue weighted by Gasteiger charge is -2.61. The minimum absolute atomic E-state index is 0. The second-order valence-electron chi connectivity index (χ2n) is 8.16. The number of nitrogens with one attached hydrogen (secondary N) is 1. The van der Waals surface area contributed by atoms with Gasteiger partial charge in [-0.25, -0.2) is 4.99 Å². The van der Waals surface area contributed by atoms with Gasteiger partial charge in [0.1, 0.15) is 0 Å². The van der Waals surface area contributed by atoms with E-state index in [-0.39, 0.29) is 24.0 Å². The third-order valence-electron chi connectivity index (χ3n) is 6.07. The van der Waals surface area contributed by atoms with E-state index in [1.165, 1.54) is 38.5 Å². The maximum atomic E-state index is 6.20. The first-order valence-electron chi connectivity index (χ1n) is 9.24. The molecule has 0 aromatic carbocycles. The number of hydrogen-bond donors (Lipinski definition) is 2. The molecule has 1 saturated heterocycles. The average molecular weight is 435 g/mol. The molecular formula is C18H34IN3O. The van der Waals surface area contributed by atoms with E-state index in [1.54, 1.807) is 0 Å². The lowest BCUT2D eigenvalue weighted by Crippen LogP contribution is -2.66. The first-order valence-corrected chi connectivity index (χ1v) is 9.24. The fourth-order valence-electron chi connectivity index (χ4n) is 4.73. The molecule has 2 aliphatic carbocycles. The third-order valence-corrected chi connectivity index (χ3v) is 6.07. The number of ether oxygens (including phenoxy) is 1. The zero-order valence-electron chi connectivity index (χ0n) is 14.9. The lowest BCUT2D eigenvalue weighted by atomic mass is 9.46. The van der Waals surface area contributed by atoms with Crippen molar-refractivity contribution in [2.24, 2.45) is 28.0 Å². The Hall–Kier alpha value is -0.0400. The van der Waals surface area contributed by atoms with Crippen LogP contribution in [-0.4, -0.2) is 30.8 Å². The van der Waals surface area contributed by atoms with Crippen molar-refractivity contribution in [3.63, 3.8) is 0 Å². The Balaban J connectivity index is 0.00000192. The Bertz CT molecular complexity index is 422. The monoisotopic (exact) mass is 435 g/mol. The second-order valence-corrected chi connectivity index (χ2v) is 8.16. The van der Waals surface area contributed by atoms with Crippen molar-refractivity contribution in [3.05, 3.63) is 0 Å². The molecule has 4 nitrogen and oxygen atoms in total. The van der Waals surface area contributed by atoms with Crippen molar-refractivity contribution in [2.45, 2.75) is 83.9 Å². The quantitative estimate of drug-likeness (QED) is 0.380.